The molecule has 0 spiro atoms. The van der Waals surface area contributed by atoms with Crippen molar-refractivity contribution in [2.24, 2.45) is 0 Å². The number of likely N-dealkylation sites (tertiary alicyclic amines) is 1. The van der Waals surface area contributed by atoms with E-state index >= 15 is 8.78 Å². The Labute approximate surface area is 213 Å². The first-order chi connectivity index (χ1) is 17.7. The Balaban J connectivity index is 1.22. The fourth-order valence-corrected chi connectivity index (χ4v) is 5.64. The number of hydrogen-bond acceptors (Lipinski definition) is 5. The lowest BCUT2D eigenvalue weighted by Gasteiger charge is -2.39. The van der Waals surface area contributed by atoms with Crippen molar-refractivity contribution >= 4 is 23.6 Å². The van der Waals surface area contributed by atoms with Crippen molar-refractivity contribution in [1.29, 1.82) is 0 Å². The molecule has 3 aliphatic heterocycles. The van der Waals surface area contributed by atoms with Crippen molar-refractivity contribution in [1.82, 2.24) is 15.1 Å². The second-order valence-electron chi connectivity index (χ2n) is 10.1. The van der Waals surface area contributed by atoms with E-state index < -0.39 is 24.0 Å². The van der Waals surface area contributed by atoms with Gasteiger partial charge in [-0.25, -0.2) is 13.6 Å². The summed E-state index contributed by atoms with van der Waals surface area (Å²) >= 11 is 0. The molecule has 2 fully saturated rings. The fourth-order valence-electron chi connectivity index (χ4n) is 5.64. The largest absolute Gasteiger partial charge is 0.465 e. The summed E-state index contributed by atoms with van der Waals surface area (Å²) in [6.07, 6.45) is 0.612. The molecule has 2 unspecified atom stereocenters. The van der Waals surface area contributed by atoms with Gasteiger partial charge in [0.1, 0.15) is 6.04 Å². The van der Waals surface area contributed by atoms with Crippen LogP contribution in [0, 0.1) is 0 Å². The van der Waals surface area contributed by atoms with Crippen LogP contribution in [-0.2, 0) is 29.1 Å². The number of fused-ring (bicyclic) bond motifs is 1. The number of carbonyl (C=O) groups is 3. The number of piperidine rings is 2. The number of anilines is 1. The summed E-state index contributed by atoms with van der Waals surface area (Å²) in [5, 5.41) is 14.7. The summed E-state index contributed by atoms with van der Waals surface area (Å²) in [7, 11) is 0. The number of halogens is 2. The Bertz CT molecular complexity index is 1200. The second kappa shape index (κ2) is 10.1. The van der Waals surface area contributed by atoms with Crippen LogP contribution in [0.15, 0.2) is 42.5 Å². The molecule has 0 radical (unpaired) electrons. The van der Waals surface area contributed by atoms with Gasteiger partial charge in [0.2, 0.25) is 11.8 Å². The molecule has 0 saturated carbocycles. The number of nitrogens with one attached hydrogen (secondary N) is 2. The van der Waals surface area contributed by atoms with Gasteiger partial charge in [-0.15, -0.1) is 0 Å². The molecule has 0 bridgehead atoms. The molecule has 3 aliphatic rings. The maximum Gasteiger partial charge on any atom is 0.407 e. The number of amides is 3. The van der Waals surface area contributed by atoms with Gasteiger partial charge in [-0.3, -0.25) is 19.8 Å². The number of hydrogen-bond donors (Lipinski definition) is 3. The van der Waals surface area contributed by atoms with Gasteiger partial charge < -0.3 is 15.3 Å². The summed E-state index contributed by atoms with van der Waals surface area (Å²) in [6, 6.07) is 12.0. The maximum atomic E-state index is 15.3. The van der Waals surface area contributed by atoms with Crippen LogP contribution in [0.2, 0.25) is 0 Å². The third-order valence-electron chi connectivity index (χ3n) is 7.60. The van der Waals surface area contributed by atoms with Gasteiger partial charge in [-0.2, -0.15) is 0 Å². The van der Waals surface area contributed by atoms with E-state index in [1.165, 1.54) is 4.90 Å². The lowest BCUT2D eigenvalue weighted by atomic mass is 9.85. The number of imide groups is 1. The fraction of sp³-hybridized carbons (Fsp3) is 0.444. The molecular formula is C27H30F2N4O4. The number of carboxylic acid groups (broad SMARTS) is 1. The number of alkyl halides is 2. The average Bonchev–Trinajstić information content (AvgIpc) is 2.86. The first-order valence-electron chi connectivity index (χ1n) is 12.6. The van der Waals surface area contributed by atoms with Gasteiger partial charge in [0, 0.05) is 31.7 Å². The Hall–Kier alpha value is -3.53. The zero-order chi connectivity index (χ0) is 26.2. The summed E-state index contributed by atoms with van der Waals surface area (Å²) in [4.78, 5) is 37.8. The summed E-state index contributed by atoms with van der Waals surface area (Å²) < 4.78 is 30.7. The number of carbonyl (C=O) groups excluding carboxylic acids is 2. The van der Waals surface area contributed by atoms with E-state index in [9.17, 15) is 19.5 Å². The molecule has 2 aromatic carbocycles. The van der Waals surface area contributed by atoms with Gasteiger partial charge in [-0.1, -0.05) is 30.3 Å². The van der Waals surface area contributed by atoms with Crippen LogP contribution < -0.4 is 10.6 Å². The van der Waals surface area contributed by atoms with E-state index in [1.54, 1.807) is 29.2 Å². The molecule has 3 N–H and O–H groups in total. The molecular weight excluding hydrogens is 482 g/mol. The van der Waals surface area contributed by atoms with Crippen LogP contribution >= 0.6 is 0 Å². The van der Waals surface area contributed by atoms with Crippen LogP contribution in [0.4, 0.5) is 19.3 Å². The van der Waals surface area contributed by atoms with Crippen LogP contribution in [0.3, 0.4) is 0 Å². The average molecular weight is 513 g/mol. The predicted octanol–water partition coefficient (Wildman–Crippen LogP) is 3.56. The van der Waals surface area contributed by atoms with E-state index in [0.29, 0.717) is 56.7 Å². The first kappa shape index (κ1) is 25.1. The molecule has 196 valence electrons. The van der Waals surface area contributed by atoms with E-state index in [4.69, 9.17) is 0 Å². The molecule has 37 heavy (non-hydrogen) atoms. The predicted molar refractivity (Wildman–Crippen MR) is 132 cm³/mol. The monoisotopic (exact) mass is 512 g/mol. The normalized spacial score (nSPS) is 23.8. The molecule has 0 aliphatic carbocycles. The SMILES string of the molecule is O=C1CCC(Nc2ccc(C3CCN(Cc4cccc5c4CCN(C(=O)O)C5)CC3(F)F)cc2)C(=O)N1. The molecule has 3 amide bonds. The van der Waals surface area contributed by atoms with Crippen molar-refractivity contribution < 1.29 is 28.3 Å². The van der Waals surface area contributed by atoms with E-state index in [-0.39, 0.29) is 24.8 Å². The highest BCUT2D eigenvalue weighted by atomic mass is 19.3. The zero-order valence-electron chi connectivity index (χ0n) is 20.4. The third kappa shape index (κ3) is 5.44. The molecule has 2 saturated heterocycles. The van der Waals surface area contributed by atoms with Gasteiger partial charge in [0.25, 0.3) is 5.92 Å². The van der Waals surface area contributed by atoms with Gasteiger partial charge in [0.15, 0.2) is 0 Å². The van der Waals surface area contributed by atoms with Crippen LogP contribution in [0.1, 0.15) is 47.4 Å². The van der Waals surface area contributed by atoms with Crippen molar-refractivity contribution in [3.05, 3.63) is 64.7 Å². The minimum absolute atomic E-state index is 0.263. The zero-order valence-corrected chi connectivity index (χ0v) is 20.4. The summed E-state index contributed by atoms with van der Waals surface area (Å²) in [5.74, 6) is -4.48. The molecule has 2 atom stereocenters. The number of benzene rings is 2. The van der Waals surface area contributed by atoms with Gasteiger partial charge in [0.05, 0.1) is 12.5 Å². The number of rotatable bonds is 5. The first-order valence-corrected chi connectivity index (χ1v) is 12.6. The Morgan fingerprint density at radius 3 is 2.57 bits per heavy atom. The van der Waals surface area contributed by atoms with Crippen LogP contribution in [-0.4, -0.2) is 64.4 Å². The molecule has 2 aromatic rings. The lowest BCUT2D eigenvalue weighted by molar-refractivity contribution is -0.133. The van der Waals surface area contributed by atoms with Crippen LogP contribution in [0.5, 0.6) is 0 Å². The third-order valence-corrected chi connectivity index (χ3v) is 7.60. The van der Waals surface area contributed by atoms with Crippen LogP contribution in [0.25, 0.3) is 0 Å². The van der Waals surface area contributed by atoms with Crippen molar-refractivity contribution in [2.45, 2.75) is 56.7 Å². The minimum atomic E-state index is -2.91. The van der Waals surface area contributed by atoms with Gasteiger partial charge in [-0.05, 0) is 60.2 Å². The van der Waals surface area contributed by atoms with Crippen molar-refractivity contribution in [2.75, 3.05) is 25.0 Å². The topological polar surface area (TPSA) is 102 Å². The molecule has 5 rings (SSSR count). The highest BCUT2D eigenvalue weighted by Crippen LogP contribution is 2.41. The van der Waals surface area contributed by atoms with Crippen molar-refractivity contribution in [3.63, 3.8) is 0 Å². The smallest absolute Gasteiger partial charge is 0.407 e. The van der Waals surface area contributed by atoms with E-state index in [0.717, 1.165) is 16.7 Å². The standard InChI is InChI=1S/C27H30F2N4O4/c28-27(29)16-32(14-18-2-1-3-19-15-33(26(36)37)13-10-21(18)19)12-11-22(27)17-4-6-20(7-5-17)30-23-8-9-24(34)31-25(23)35/h1-7,22-23,30H,8-16H2,(H,36,37)(H,31,34,35). The second-order valence-corrected chi connectivity index (χ2v) is 10.1. The number of nitrogens with zero attached hydrogens (tertiary/aromatic N) is 2. The molecule has 3 heterocycles. The quantitative estimate of drug-likeness (QED) is 0.530. The van der Waals surface area contributed by atoms with Crippen molar-refractivity contribution in [3.8, 4) is 0 Å². The molecule has 0 aromatic heterocycles. The van der Waals surface area contributed by atoms with Gasteiger partial charge >= 0.3 is 6.09 Å². The lowest BCUT2D eigenvalue weighted by Crippen LogP contribution is -2.47. The molecule has 10 heteroatoms. The van der Waals surface area contributed by atoms with E-state index in [1.807, 2.05) is 18.2 Å². The van der Waals surface area contributed by atoms with E-state index in [2.05, 4.69) is 10.6 Å². The molecule has 8 nitrogen and oxygen atoms in total. The summed E-state index contributed by atoms with van der Waals surface area (Å²) in [5.41, 5.74) is 4.21. The highest BCUT2D eigenvalue weighted by molar-refractivity contribution is 6.01. The Kier molecular flexibility index (Phi) is 6.85. The Morgan fingerprint density at radius 2 is 1.86 bits per heavy atom. The summed E-state index contributed by atoms with van der Waals surface area (Å²) in [6.45, 7) is 1.32. The highest BCUT2D eigenvalue weighted by Gasteiger charge is 2.45. The Morgan fingerprint density at radius 1 is 1.08 bits per heavy atom. The maximum absolute atomic E-state index is 15.3. The minimum Gasteiger partial charge on any atom is -0.465 e.